The molecule has 0 aromatic carbocycles. The Morgan fingerprint density at radius 1 is 1.43 bits per heavy atom. The third kappa shape index (κ3) is 3.47. The van der Waals surface area contributed by atoms with Gasteiger partial charge in [-0.2, -0.15) is 0 Å². The van der Waals surface area contributed by atoms with Crippen LogP contribution in [0.1, 0.15) is 26.0 Å². The molecule has 0 saturated carbocycles. The highest BCUT2D eigenvalue weighted by atomic mass is 32.1. The van der Waals surface area contributed by atoms with Gasteiger partial charge in [-0.15, -0.1) is 11.3 Å². The molecule has 2 heterocycles. The number of hydrogen-bond acceptors (Lipinski definition) is 6. The second-order valence-corrected chi connectivity index (χ2v) is 6.75. The third-order valence-corrected chi connectivity index (χ3v) is 4.54. The van der Waals surface area contributed by atoms with Crippen LogP contribution in [0.2, 0.25) is 0 Å². The van der Waals surface area contributed by atoms with E-state index >= 15 is 0 Å². The number of ether oxygens (including phenoxy) is 1. The van der Waals surface area contributed by atoms with Crippen LogP contribution in [0.15, 0.2) is 46.2 Å². The minimum absolute atomic E-state index is 0.127. The van der Waals surface area contributed by atoms with Gasteiger partial charge in [0.25, 0.3) is 0 Å². The smallest absolute Gasteiger partial charge is 0.183 e. The summed E-state index contributed by atoms with van der Waals surface area (Å²) in [6.45, 7) is 4.17. The molecule has 3 rings (SSSR count). The Balaban J connectivity index is 1.90. The van der Waals surface area contributed by atoms with E-state index in [1.807, 2.05) is 29.7 Å². The number of thiazole rings is 1. The van der Waals surface area contributed by atoms with E-state index in [9.17, 15) is 5.11 Å². The topological polar surface area (TPSA) is 66.7 Å². The van der Waals surface area contributed by atoms with E-state index in [1.54, 1.807) is 18.4 Å². The molecule has 5 nitrogen and oxygen atoms in total. The van der Waals surface area contributed by atoms with Crippen LogP contribution in [-0.4, -0.2) is 35.0 Å². The van der Waals surface area contributed by atoms with Crippen molar-refractivity contribution in [2.75, 3.05) is 12.4 Å². The van der Waals surface area contributed by atoms with E-state index in [0.29, 0.717) is 18.2 Å². The van der Waals surface area contributed by atoms with Crippen LogP contribution >= 0.6 is 11.3 Å². The molecule has 0 bridgehead atoms. The van der Waals surface area contributed by atoms with Crippen LogP contribution in [0.4, 0.5) is 5.13 Å². The van der Waals surface area contributed by atoms with Crippen LogP contribution in [0.25, 0.3) is 0 Å². The van der Waals surface area contributed by atoms with Crippen molar-refractivity contribution in [3.63, 3.8) is 0 Å². The lowest BCUT2D eigenvalue weighted by Crippen LogP contribution is -2.20. The number of methoxy groups -OCH3 is 1. The summed E-state index contributed by atoms with van der Waals surface area (Å²) >= 11 is 1.57. The van der Waals surface area contributed by atoms with E-state index in [2.05, 4.69) is 24.1 Å². The van der Waals surface area contributed by atoms with Crippen molar-refractivity contribution >= 4 is 22.2 Å². The summed E-state index contributed by atoms with van der Waals surface area (Å²) in [6, 6.07) is 0.181. The van der Waals surface area contributed by atoms with E-state index in [0.717, 1.165) is 22.3 Å². The van der Waals surface area contributed by atoms with E-state index < -0.39 is 0 Å². The summed E-state index contributed by atoms with van der Waals surface area (Å²) in [5.74, 6) is 0.995. The highest BCUT2D eigenvalue weighted by molar-refractivity contribution is 7.13. The number of fused-ring (bicyclic) bond motifs is 1. The maximum absolute atomic E-state index is 10.3. The molecule has 6 heteroatoms. The van der Waals surface area contributed by atoms with Crippen LogP contribution < -0.4 is 5.32 Å². The first-order chi connectivity index (χ1) is 11.1. The van der Waals surface area contributed by atoms with Gasteiger partial charge in [0.05, 0.1) is 36.2 Å². The molecule has 0 radical (unpaired) electrons. The minimum Gasteiger partial charge on any atom is -0.512 e. The molecule has 1 aliphatic heterocycles. The Labute approximate surface area is 140 Å². The van der Waals surface area contributed by atoms with Crippen LogP contribution in [0.5, 0.6) is 0 Å². The lowest BCUT2D eigenvalue weighted by molar-refractivity contribution is 0.293. The largest absolute Gasteiger partial charge is 0.512 e. The van der Waals surface area contributed by atoms with Crippen molar-refractivity contribution in [2.45, 2.75) is 32.4 Å². The summed E-state index contributed by atoms with van der Waals surface area (Å²) in [5, 5.41) is 16.5. The average Bonchev–Trinajstić information content (AvgIpc) is 2.91. The fraction of sp³-hybridized carbons (Fsp3) is 0.412. The number of allylic oxidation sites excluding steroid dienone is 2. The van der Waals surface area contributed by atoms with Crippen molar-refractivity contribution in [2.24, 2.45) is 10.9 Å². The van der Waals surface area contributed by atoms with Gasteiger partial charge < -0.3 is 15.2 Å². The number of aliphatic imine (C=N–C) groups is 1. The number of aromatic nitrogens is 1. The number of aliphatic hydroxyl groups is 1. The molecule has 0 spiro atoms. The highest BCUT2D eigenvalue weighted by Crippen LogP contribution is 2.29. The number of aliphatic hydroxyl groups excluding tert-OH is 1. The summed E-state index contributed by atoms with van der Waals surface area (Å²) in [7, 11) is 1.64. The van der Waals surface area contributed by atoms with Crippen molar-refractivity contribution in [1.29, 1.82) is 0 Å². The number of rotatable bonds is 4. The first kappa shape index (κ1) is 15.8. The summed E-state index contributed by atoms with van der Waals surface area (Å²) in [5.41, 5.74) is 1.75. The predicted molar refractivity (Wildman–Crippen MR) is 94.2 cm³/mol. The van der Waals surface area contributed by atoms with Crippen LogP contribution in [0.3, 0.4) is 0 Å². The molecule has 1 aliphatic carbocycles. The Morgan fingerprint density at radius 3 is 3.00 bits per heavy atom. The summed E-state index contributed by atoms with van der Waals surface area (Å²) in [4.78, 5) is 9.44. The Hall–Kier alpha value is -2.08. The molecule has 2 aliphatic rings. The number of anilines is 1. The molecule has 0 saturated heterocycles. The second-order valence-electron chi connectivity index (χ2n) is 5.89. The van der Waals surface area contributed by atoms with Gasteiger partial charge in [0.1, 0.15) is 5.76 Å². The van der Waals surface area contributed by atoms with Crippen molar-refractivity contribution in [3.8, 4) is 0 Å². The molecule has 1 aromatic heterocycles. The van der Waals surface area contributed by atoms with Gasteiger partial charge >= 0.3 is 0 Å². The van der Waals surface area contributed by atoms with Crippen molar-refractivity contribution in [3.05, 3.63) is 46.9 Å². The lowest BCUT2D eigenvalue weighted by atomic mass is 9.93. The fourth-order valence-electron chi connectivity index (χ4n) is 2.63. The van der Waals surface area contributed by atoms with Gasteiger partial charge in [0, 0.05) is 17.8 Å². The number of hydrogen-bond donors (Lipinski definition) is 2. The maximum Gasteiger partial charge on any atom is 0.183 e. The zero-order chi connectivity index (χ0) is 16.4. The molecule has 0 amide bonds. The zero-order valence-corrected chi connectivity index (χ0v) is 14.3. The molecular formula is C17H21N3O2S. The molecule has 1 aromatic rings. The summed E-state index contributed by atoms with van der Waals surface area (Å²) < 4.78 is 5.29. The Kier molecular flexibility index (Phi) is 4.52. The van der Waals surface area contributed by atoms with Gasteiger partial charge in [-0.05, 0) is 32.1 Å². The molecule has 2 N–H and O–H groups in total. The van der Waals surface area contributed by atoms with Crippen molar-refractivity contribution in [1.82, 2.24) is 4.98 Å². The molecule has 23 heavy (non-hydrogen) atoms. The highest BCUT2D eigenvalue weighted by Gasteiger charge is 2.27. The molecule has 2 atom stereocenters. The number of nitrogens with zero attached hydrogens (tertiary/aromatic N) is 2. The summed E-state index contributed by atoms with van der Waals surface area (Å²) in [6.07, 6.45) is 8.16. The maximum atomic E-state index is 10.3. The molecule has 2 unspecified atom stereocenters. The number of nitrogens with one attached hydrogen (secondary N) is 1. The molecule has 122 valence electrons. The van der Waals surface area contributed by atoms with E-state index in [1.165, 1.54) is 0 Å². The van der Waals surface area contributed by atoms with Gasteiger partial charge in [0.15, 0.2) is 5.13 Å². The van der Waals surface area contributed by atoms with E-state index in [-0.39, 0.29) is 12.0 Å². The van der Waals surface area contributed by atoms with Gasteiger partial charge in [-0.25, -0.2) is 4.98 Å². The van der Waals surface area contributed by atoms with Crippen molar-refractivity contribution < 1.29 is 9.84 Å². The third-order valence-electron chi connectivity index (χ3n) is 3.77. The molecular weight excluding hydrogens is 310 g/mol. The normalized spacial score (nSPS) is 23.6. The minimum atomic E-state index is -0.160. The fourth-order valence-corrected chi connectivity index (χ4v) is 3.49. The van der Waals surface area contributed by atoms with Gasteiger partial charge in [-0.1, -0.05) is 6.08 Å². The zero-order valence-electron chi connectivity index (χ0n) is 13.5. The Morgan fingerprint density at radius 2 is 2.26 bits per heavy atom. The first-order valence-corrected chi connectivity index (χ1v) is 8.57. The quantitative estimate of drug-likeness (QED) is 0.883. The van der Waals surface area contributed by atoms with Gasteiger partial charge in [-0.3, -0.25) is 4.99 Å². The second kappa shape index (κ2) is 6.58. The average molecular weight is 331 g/mol. The SMILES string of the molecule is COC1=CC2N=C(c3csc(NC(C)C)n3)CC=C(O)C2C=C1. The predicted octanol–water partition coefficient (Wildman–Crippen LogP) is 3.68. The first-order valence-electron chi connectivity index (χ1n) is 7.69. The van der Waals surface area contributed by atoms with Gasteiger partial charge in [0.2, 0.25) is 0 Å². The lowest BCUT2D eigenvalue weighted by Gasteiger charge is -2.21. The standard InChI is InChI=1S/C17H21N3O2S/c1-10(2)18-17-20-15(9-23-17)13-6-7-16(21)12-5-4-11(22-3)8-14(12)19-13/h4-5,7-10,12,14,21H,6H2,1-3H3,(H,18,20). The Bertz CT molecular complexity index is 700. The van der Waals surface area contributed by atoms with Crippen LogP contribution in [0, 0.1) is 5.92 Å². The van der Waals surface area contributed by atoms with E-state index in [4.69, 9.17) is 9.73 Å². The van der Waals surface area contributed by atoms with Crippen LogP contribution in [-0.2, 0) is 4.74 Å². The monoisotopic (exact) mass is 331 g/mol. The molecule has 0 fully saturated rings.